The first kappa shape index (κ1) is 29.1. The molecule has 0 N–H and O–H groups in total. The van der Waals surface area contributed by atoms with Crippen LogP contribution in [0.1, 0.15) is 39.5 Å². The molecule has 0 spiro atoms. The summed E-state index contributed by atoms with van der Waals surface area (Å²) in [6.07, 6.45) is -4.15. The van der Waals surface area contributed by atoms with Crippen molar-refractivity contribution in [1.29, 1.82) is 0 Å². The predicted molar refractivity (Wildman–Crippen MR) is 144 cm³/mol. The molecule has 1 aliphatic heterocycles. The average molecular weight is 574 g/mol. The SMILES string of the molecule is COCCN(CC(=O)N1N=C(c2ccccc2Cl)C[C@H]1c1ccc(OC)cc1)C(=O)c1ccc(C(F)(F)F)cc1. The van der Waals surface area contributed by atoms with E-state index < -0.39 is 29.6 Å². The van der Waals surface area contributed by atoms with Gasteiger partial charge in [0.15, 0.2) is 0 Å². The second kappa shape index (κ2) is 12.5. The van der Waals surface area contributed by atoms with Crippen molar-refractivity contribution in [3.05, 3.63) is 100 Å². The van der Waals surface area contributed by atoms with Crippen molar-refractivity contribution in [2.24, 2.45) is 5.10 Å². The van der Waals surface area contributed by atoms with E-state index in [1.165, 1.54) is 17.0 Å². The van der Waals surface area contributed by atoms with Gasteiger partial charge in [-0.3, -0.25) is 9.59 Å². The van der Waals surface area contributed by atoms with Gasteiger partial charge in [-0.1, -0.05) is 41.9 Å². The first-order valence-corrected chi connectivity index (χ1v) is 12.7. The van der Waals surface area contributed by atoms with Crippen molar-refractivity contribution < 1.29 is 32.2 Å². The number of hydrogen-bond donors (Lipinski definition) is 0. The van der Waals surface area contributed by atoms with Gasteiger partial charge in [-0.25, -0.2) is 5.01 Å². The van der Waals surface area contributed by atoms with E-state index in [2.05, 4.69) is 5.10 Å². The summed E-state index contributed by atoms with van der Waals surface area (Å²) < 4.78 is 49.4. The molecule has 0 saturated carbocycles. The molecule has 40 heavy (non-hydrogen) atoms. The second-order valence-corrected chi connectivity index (χ2v) is 9.46. The standard InChI is InChI=1S/C29H27ClF3N3O4/c1-39-16-15-35(28(38)20-7-11-21(12-8-20)29(31,32)33)18-27(37)36-26(19-9-13-22(40-2)14-10-19)17-25(34-36)23-5-3-4-6-24(23)30/h3-14,26H,15-18H2,1-2H3/t26-/m0/s1. The zero-order valence-corrected chi connectivity index (χ0v) is 22.6. The van der Waals surface area contributed by atoms with Crippen molar-refractivity contribution in [3.8, 4) is 5.75 Å². The van der Waals surface area contributed by atoms with Crippen molar-refractivity contribution >= 4 is 29.1 Å². The minimum Gasteiger partial charge on any atom is -0.497 e. The number of alkyl halides is 3. The molecule has 210 valence electrons. The van der Waals surface area contributed by atoms with Crippen LogP contribution in [0.15, 0.2) is 77.9 Å². The van der Waals surface area contributed by atoms with Crippen LogP contribution in [-0.2, 0) is 15.7 Å². The highest BCUT2D eigenvalue weighted by Crippen LogP contribution is 2.35. The van der Waals surface area contributed by atoms with Crippen LogP contribution in [0.3, 0.4) is 0 Å². The summed E-state index contributed by atoms with van der Waals surface area (Å²) in [7, 11) is 3.00. The molecule has 0 aromatic heterocycles. The summed E-state index contributed by atoms with van der Waals surface area (Å²) in [5.41, 5.74) is 1.25. The van der Waals surface area contributed by atoms with Gasteiger partial charge in [-0.2, -0.15) is 18.3 Å². The molecule has 3 aromatic carbocycles. The van der Waals surface area contributed by atoms with Crippen LogP contribution in [0.25, 0.3) is 0 Å². The molecule has 11 heteroatoms. The molecule has 1 aliphatic rings. The molecule has 1 heterocycles. The summed E-state index contributed by atoms with van der Waals surface area (Å²) in [4.78, 5) is 28.2. The molecule has 2 amide bonds. The topological polar surface area (TPSA) is 71.4 Å². The van der Waals surface area contributed by atoms with Crippen molar-refractivity contribution in [2.45, 2.75) is 18.6 Å². The fourth-order valence-electron chi connectivity index (χ4n) is 4.36. The lowest BCUT2D eigenvalue weighted by Gasteiger charge is -2.27. The minimum atomic E-state index is -4.53. The molecule has 3 aromatic rings. The third-order valence-electron chi connectivity index (χ3n) is 6.49. The number of benzene rings is 3. The van der Waals surface area contributed by atoms with Crippen molar-refractivity contribution in [3.63, 3.8) is 0 Å². The van der Waals surface area contributed by atoms with E-state index in [1.807, 2.05) is 24.3 Å². The summed E-state index contributed by atoms with van der Waals surface area (Å²) in [6, 6.07) is 17.8. The first-order valence-electron chi connectivity index (χ1n) is 12.4. The van der Waals surface area contributed by atoms with Gasteiger partial charge in [0.25, 0.3) is 11.8 Å². The molecule has 0 fully saturated rings. The molecule has 0 radical (unpaired) electrons. The molecule has 0 aliphatic carbocycles. The number of halogens is 4. The zero-order chi connectivity index (χ0) is 28.9. The van der Waals surface area contributed by atoms with E-state index in [-0.39, 0.29) is 25.3 Å². The Bertz CT molecular complexity index is 1380. The molecule has 1 atom stereocenters. The third-order valence-corrected chi connectivity index (χ3v) is 6.82. The maximum atomic E-state index is 13.7. The molecular weight excluding hydrogens is 547 g/mol. The fraction of sp³-hybridized carbons (Fsp3) is 0.276. The number of carbonyl (C=O) groups is 2. The Balaban J connectivity index is 1.62. The number of amides is 2. The maximum Gasteiger partial charge on any atom is 0.416 e. The molecule has 4 rings (SSSR count). The summed E-state index contributed by atoms with van der Waals surface area (Å²) in [5, 5.41) is 6.44. The van der Waals surface area contributed by atoms with Gasteiger partial charge in [0.2, 0.25) is 0 Å². The maximum absolute atomic E-state index is 13.7. The molecule has 7 nitrogen and oxygen atoms in total. The summed E-state index contributed by atoms with van der Waals surface area (Å²) >= 11 is 6.42. The highest BCUT2D eigenvalue weighted by atomic mass is 35.5. The highest BCUT2D eigenvalue weighted by molar-refractivity contribution is 6.34. The van der Waals surface area contributed by atoms with Gasteiger partial charge < -0.3 is 14.4 Å². The van der Waals surface area contributed by atoms with Gasteiger partial charge in [0.05, 0.1) is 31.0 Å². The van der Waals surface area contributed by atoms with E-state index in [4.69, 9.17) is 21.1 Å². The largest absolute Gasteiger partial charge is 0.497 e. The van der Waals surface area contributed by atoms with Gasteiger partial charge >= 0.3 is 6.18 Å². The van der Waals surface area contributed by atoms with Crippen LogP contribution in [0, 0.1) is 0 Å². The Morgan fingerprint density at radius 3 is 2.30 bits per heavy atom. The monoisotopic (exact) mass is 573 g/mol. The lowest BCUT2D eigenvalue weighted by atomic mass is 9.98. The Morgan fingerprint density at radius 2 is 1.70 bits per heavy atom. The summed E-state index contributed by atoms with van der Waals surface area (Å²) in [6.45, 7) is -0.199. The van der Waals surface area contributed by atoms with E-state index >= 15 is 0 Å². The smallest absolute Gasteiger partial charge is 0.416 e. The lowest BCUT2D eigenvalue weighted by molar-refractivity contribution is -0.137. The van der Waals surface area contributed by atoms with Crippen LogP contribution >= 0.6 is 11.6 Å². The second-order valence-electron chi connectivity index (χ2n) is 9.05. The van der Waals surface area contributed by atoms with Gasteiger partial charge in [-0.05, 0) is 48.0 Å². The number of carbonyl (C=O) groups excluding carboxylic acids is 2. The Hall–Kier alpha value is -3.89. The molecular formula is C29H27ClF3N3O4. The number of methoxy groups -OCH3 is 2. The van der Waals surface area contributed by atoms with Crippen molar-refractivity contribution in [1.82, 2.24) is 9.91 Å². The lowest BCUT2D eigenvalue weighted by Crippen LogP contribution is -2.42. The third kappa shape index (κ3) is 6.63. The zero-order valence-electron chi connectivity index (χ0n) is 21.8. The van der Waals surface area contributed by atoms with E-state index in [0.717, 1.165) is 29.8 Å². The number of hydrazone groups is 1. The van der Waals surface area contributed by atoms with Crippen LogP contribution in [0.4, 0.5) is 13.2 Å². The Labute approximate surface area is 234 Å². The fourth-order valence-corrected chi connectivity index (χ4v) is 4.60. The Morgan fingerprint density at radius 1 is 1.02 bits per heavy atom. The number of ether oxygens (including phenoxy) is 2. The first-order chi connectivity index (χ1) is 19.1. The number of hydrogen-bond acceptors (Lipinski definition) is 5. The molecule has 0 saturated heterocycles. The van der Waals surface area contributed by atoms with E-state index in [9.17, 15) is 22.8 Å². The molecule has 0 bridgehead atoms. The van der Waals surface area contributed by atoms with Gasteiger partial charge in [0, 0.05) is 36.2 Å². The number of rotatable bonds is 9. The van der Waals surface area contributed by atoms with E-state index in [1.54, 1.807) is 31.4 Å². The minimum absolute atomic E-state index is 0.0188. The normalized spacial score (nSPS) is 15.1. The van der Waals surface area contributed by atoms with Gasteiger partial charge in [0.1, 0.15) is 12.3 Å². The predicted octanol–water partition coefficient (Wildman–Crippen LogP) is 5.83. The summed E-state index contributed by atoms with van der Waals surface area (Å²) in [5.74, 6) is -0.423. The van der Waals surface area contributed by atoms with Crippen LogP contribution < -0.4 is 4.74 Å². The van der Waals surface area contributed by atoms with Crippen LogP contribution in [0.2, 0.25) is 5.02 Å². The quantitative estimate of drug-likeness (QED) is 0.323. The molecule has 0 unspecified atom stereocenters. The van der Waals surface area contributed by atoms with Gasteiger partial charge in [-0.15, -0.1) is 0 Å². The van der Waals surface area contributed by atoms with Crippen molar-refractivity contribution in [2.75, 3.05) is 33.9 Å². The highest BCUT2D eigenvalue weighted by Gasteiger charge is 2.35. The van der Waals surface area contributed by atoms with Crippen LogP contribution in [0.5, 0.6) is 5.75 Å². The number of nitrogens with zero attached hydrogens (tertiary/aromatic N) is 3. The van der Waals surface area contributed by atoms with E-state index in [0.29, 0.717) is 28.5 Å². The van der Waals surface area contributed by atoms with Crippen LogP contribution in [-0.4, -0.2) is 61.4 Å². The Kier molecular flexibility index (Phi) is 9.11. The average Bonchev–Trinajstić information content (AvgIpc) is 3.40.